The molecular weight excluding hydrogens is 306 g/mol. The molecule has 3 aromatic rings. The third kappa shape index (κ3) is 3.46. The first-order valence-electron chi connectivity index (χ1n) is 7.62. The Hall–Kier alpha value is -2.11. The zero-order chi connectivity index (χ0) is 16.4. The fourth-order valence-electron chi connectivity index (χ4n) is 2.67. The Morgan fingerprint density at radius 1 is 1.30 bits per heavy atom. The number of hydrogen-bond donors (Lipinski definition) is 2. The summed E-state index contributed by atoms with van der Waals surface area (Å²) < 4.78 is 0. The summed E-state index contributed by atoms with van der Waals surface area (Å²) in [5.41, 5.74) is 2.78. The van der Waals surface area contributed by atoms with Crippen molar-refractivity contribution in [1.29, 1.82) is 0 Å². The Kier molecular flexibility index (Phi) is 4.50. The van der Waals surface area contributed by atoms with Gasteiger partial charge in [0.2, 0.25) is 0 Å². The van der Waals surface area contributed by atoms with Gasteiger partial charge < -0.3 is 15.2 Å². The number of amides is 1. The lowest BCUT2D eigenvalue weighted by molar-refractivity contribution is 0.0938. The molecule has 4 nitrogen and oxygen atoms in total. The quantitative estimate of drug-likeness (QED) is 0.752. The fourth-order valence-corrected chi connectivity index (χ4v) is 3.59. The Bertz CT molecular complexity index is 805. The topological polar surface area (TPSA) is 48.1 Å². The standard InChI is InChI=1S/C18H21N3OS/c1-12-6-7-13-10-15(20-14(13)9-12)18(22)19-11-16(21(2)3)17-5-4-8-23-17/h4-10,16,20H,11H2,1-3H3,(H,19,22). The highest BCUT2D eigenvalue weighted by Crippen LogP contribution is 2.22. The van der Waals surface area contributed by atoms with E-state index in [1.165, 1.54) is 10.4 Å². The van der Waals surface area contributed by atoms with Crippen LogP contribution in [0.1, 0.15) is 27.0 Å². The lowest BCUT2D eigenvalue weighted by Gasteiger charge is -2.23. The first-order chi connectivity index (χ1) is 11.0. The zero-order valence-electron chi connectivity index (χ0n) is 13.6. The molecule has 0 spiro atoms. The van der Waals surface area contributed by atoms with E-state index in [9.17, 15) is 4.79 Å². The number of rotatable bonds is 5. The van der Waals surface area contributed by atoms with E-state index >= 15 is 0 Å². The predicted molar refractivity (Wildman–Crippen MR) is 96.1 cm³/mol. The SMILES string of the molecule is Cc1ccc2cc(C(=O)NCC(c3cccs3)N(C)C)[nH]c2c1. The number of H-pyrrole nitrogens is 1. The minimum absolute atomic E-state index is 0.0674. The second kappa shape index (κ2) is 6.56. The molecule has 2 N–H and O–H groups in total. The van der Waals surface area contributed by atoms with E-state index in [1.807, 2.05) is 39.2 Å². The molecule has 0 saturated heterocycles. The van der Waals surface area contributed by atoms with Gasteiger partial charge >= 0.3 is 0 Å². The molecule has 5 heteroatoms. The number of aromatic nitrogens is 1. The maximum absolute atomic E-state index is 12.4. The summed E-state index contributed by atoms with van der Waals surface area (Å²) in [4.78, 5) is 19.0. The summed E-state index contributed by atoms with van der Waals surface area (Å²) in [6.45, 7) is 2.63. The molecule has 120 valence electrons. The van der Waals surface area contributed by atoms with E-state index in [0.717, 1.165) is 10.9 Å². The van der Waals surface area contributed by atoms with Crippen molar-refractivity contribution < 1.29 is 4.79 Å². The van der Waals surface area contributed by atoms with Gasteiger partial charge in [0.05, 0.1) is 6.04 Å². The van der Waals surface area contributed by atoms with E-state index in [0.29, 0.717) is 12.2 Å². The number of nitrogens with zero attached hydrogens (tertiary/aromatic N) is 1. The van der Waals surface area contributed by atoms with Gasteiger partial charge in [0.25, 0.3) is 5.91 Å². The normalized spacial score (nSPS) is 12.7. The summed E-state index contributed by atoms with van der Waals surface area (Å²) in [5.74, 6) is -0.0674. The number of aryl methyl sites for hydroxylation is 1. The average Bonchev–Trinajstić information content (AvgIpc) is 3.15. The molecule has 1 aromatic carbocycles. The largest absolute Gasteiger partial charge is 0.351 e. The zero-order valence-corrected chi connectivity index (χ0v) is 14.4. The van der Waals surface area contributed by atoms with Crippen molar-refractivity contribution in [3.8, 4) is 0 Å². The van der Waals surface area contributed by atoms with Crippen LogP contribution < -0.4 is 5.32 Å². The summed E-state index contributed by atoms with van der Waals surface area (Å²) >= 11 is 1.71. The second-order valence-electron chi connectivity index (χ2n) is 5.98. The molecular formula is C18H21N3OS. The Morgan fingerprint density at radius 3 is 2.83 bits per heavy atom. The third-order valence-corrected chi connectivity index (χ3v) is 4.95. The first-order valence-corrected chi connectivity index (χ1v) is 8.50. The van der Waals surface area contributed by atoms with E-state index in [4.69, 9.17) is 0 Å². The molecule has 3 rings (SSSR count). The number of aromatic amines is 1. The number of likely N-dealkylation sites (N-methyl/N-ethyl adjacent to an activating group) is 1. The first kappa shape index (κ1) is 15.8. The molecule has 0 saturated carbocycles. The molecule has 23 heavy (non-hydrogen) atoms. The third-order valence-electron chi connectivity index (χ3n) is 3.97. The highest BCUT2D eigenvalue weighted by Gasteiger charge is 2.17. The van der Waals surface area contributed by atoms with Crippen LogP contribution in [0.5, 0.6) is 0 Å². The van der Waals surface area contributed by atoms with Crippen LogP contribution in [0.15, 0.2) is 41.8 Å². The van der Waals surface area contributed by atoms with Crippen LogP contribution in [0.2, 0.25) is 0 Å². The van der Waals surface area contributed by atoms with Crippen LogP contribution in [0.4, 0.5) is 0 Å². The van der Waals surface area contributed by atoms with Crippen LogP contribution in [0, 0.1) is 6.92 Å². The molecule has 0 bridgehead atoms. The van der Waals surface area contributed by atoms with Gasteiger partial charge in [-0.05, 0) is 50.2 Å². The van der Waals surface area contributed by atoms with Gasteiger partial charge in [-0.3, -0.25) is 4.79 Å². The molecule has 0 aliphatic carbocycles. The van der Waals surface area contributed by atoms with E-state index in [1.54, 1.807) is 11.3 Å². The van der Waals surface area contributed by atoms with Crippen molar-refractivity contribution in [1.82, 2.24) is 15.2 Å². The molecule has 1 unspecified atom stereocenters. The summed E-state index contributed by atoms with van der Waals surface area (Å²) in [5, 5.41) is 6.16. The summed E-state index contributed by atoms with van der Waals surface area (Å²) in [7, 11) is 4.06. The highest BCUT2D eigenvalue weighted by molar-refractivity contribution is 7.10. The van der Waals surface area contributed by atoms with Crippen LogP contribution in [-0.4, -0.2) is 36.4 Å². The molecule has 0 fully saturated rings. The Balaban J connectivity index is 1.72. The summed E-state index contributed by atoms with van der Waals surface area (Å²) in [6, 6.07) is 12.4. The predicted octanol–water partition coefficient (Wildman–Crippen LogP) is 3.57. The van der Waals surface area contributed by atoms with Crippen molar-refractivity contribution >= 4 is 28.1 Å². The minimum atomic E-state index is -0.0674. The highest BCUT2D eigenvalue weighted by atomic mass is 32.1. The maximum Gasteiger partial charge on any atom is 0.267 e. The van der Waals surface area contributed by atoms with Crippen molar-refractivity contribution in [3.63, 3.8) is 0 Å². The maximum atomic E-state index is 12.4. The lowest BCUT2D eigenvalue weighted by atomic mass is 10.2. The van der Waals surface area contributed by atoms with Crippen LogP contribution in [-0.2, 0) is 0 Å². The van der Waals surface area contributed by atoms with Crippen LogP contribution in [0.25, 0.3) is 10.9 Å². The van der Waals surface area contributed by atoms with Gasteiger partial charge in [0.15, 0.2) is 0 Å². The number of benzene rings is 1. The Labute approximate surface area is 140 Å². The smallest absolute Gasteiger partial charge is 0.267 e. The molecule has 1 amide bonds. The Morgan fingerprint density at radius 2 is 2.13 bits per heavy atom. The second-order valence-corrected chi connectivity index (χ2v) is 6.96. The number of thiophene rings is 1. The molecule has 0 radical (unpaired) electrons. The number of hydrogen-bond acceptors (Lipinski definition) is 3. The monoisotopic (exact) mass is 327 g/mol. The van der Waals surface area contributed by atoms with Gasteiger partial charge in [-0.2, -0.15) is 0 Å². The molecule has 0 aliphatic rings. The number of fused-ring (bicyclic) bond motifs is 1. The van der Waals surface area contributed by atoms with Crippen molar-refractivity contribution in [3.05, 3.63) is 57.9 Å². The fraction of sp³-hybridized carbons (Fsp3) is 0.278. The molecule has 0 aliphatic heterocycles. The van der Waals surface area contributed by atoms with Gasteiger partial charge in [-0.25, -0.2) is 0 Å². The summed E-state index contributed by atoms with van der Waals surface area (Å²) in [6.07, 6.45) is 0. The van der Waals surface area contributed by atoms with Crippen LogP contribution >= 0.6 is 11.3 Å². The average molecular weight is 327 g/mol. The van der Waals surface area contributed by atoms with E-state index in [2.05, 4.69) is 38.8 Å². The number of carbonyl (C=O) groups excluding carboxylic acids is 1. The van der Waals surface area contributed by atoms with Crippen LogP contribution in [0.3, 0.4) is 0 Å². The van der Waals surface area contributed by atoms with Gasteiger partial charge in [0, 0.05) is 22.3 Å². The van der Waals surface area contributed by atoms with E-state index < -0.39 is 0 Å². The lowest BCUT2D eigenvalue weighted by Crippen LogP contribution is -2.34. The molecule has 2 aromatic heterocycles. The molecule has 2 heterocycles. The van der Waals surface area contributed by atoms with Gasteiger partial charge in [-0.15, -0.1) is 11.3 Å². The van der Waals surface area contributed by atoms with E-state index in [-0.39, 0.29) is 11.9 Å². The van der Waals surface area contributed by atoms with Crippen molar-refractivity contribution in [2.45, 2.75) is 13.0 Å². The number of nitrogens with one attached hydrogen (secondary N) is 2. The van der Waals surface area contributed by atoms with Crippen molar-refractivity contribution in [2.75, 3.05) is 20.6 Å². The van der Waals surface area contributed by atoms with Gasteiger partial charge in [0.1, 0.15) is 5.69 Å². The van der Waals surface area contributed by atoms with Gasteiger partial charge in [-0.1, -0.05) is 18.2 Å². The molecule has 1 atom stereocenters. The van der Waals surface area contributed by atoms with Crippen molar-refractivity contribution in [2.24, 2.45) is 0 Å². The number of carbonyl (C=O) groups is 1. The minimum Gasteiger partial charge on any atom is -0.351 e.